The highest BCUT2D eigenvalue weighted by atomic mass is 35.5. The van der Waals surface area contributed by atoms with Crippen LogP contribution in [0.3, 0.4) is 0 Å². The fourth-order valence-corrected chi connectivity index (χ4v) is 3.50. The summed E-state index contributed by atoms with van der Waals surface area (Å²) in [4.78, 5) is 13.7. The van der Waals surface area contributed by atoms with Gasteiger partial charge in [-0.25, -0.2) is 0 Å². The van der Waals surface area contributed by atoms with Gasteiger partial charge in [0.1, 0.15) is 0 Å². The van der Waals surface area contributed by atoms with Gasteiger partial charge >= 0.3 is 5.97 Å². The Kier molecular flexibility index (Phi) is 5.65. The minimum atomic E-state index is -0.655. The molecule has 3 atom stereocenters. The Hall–Kier alpha value is -1.06. The lowest BCUT2D eigenvalue weighted by Gasteiger charge is -2.39. The van der Waals surface area contributed by atoms with Crippen LogP contribution in [-0.2, 0) is 11.3 Å². The van der Waals surface area contributed by atoms with E-state index in [0.717, 1.165) is 37.3 Å². The highest BCUT2D eigenvalue weighted by molar-refractivity contribution is 6.30. The van der Waals surface area contributed by atoms with Crippen LogP contribution in [0.15, 0.2) is 24.3 Å². The second-order valence-electron chi connectivity index (χ2n) is 6.14. The van der Waals surface area contributed by atoms with Crippen molar-refractivity contribution in [3.05, 3.63) is 34.9 Å². The summed E-state index contributed by atoms with van der Waals surface area (Å²) in [7, 11) is 2.03. The maximum atomic E-state index is 11.5. The summed E-state index contributed by atoms with van der Waals surface area (Å²) >= 11 is 5.91. The number of carbonyl (C=O) groups is 1. The van der Waals surface area contributed by atoms with E-state index in [4.69, 9.17) is 11.6 Å². The predicted molar refractivity (Wildman–Crippen MR) is 85.5 cm³/mol. The first-order valence-corrected chi connectivity index (χ1v) is 8.06. The van der Waals surface area contributed by atoms with Gasteiger partial charge in [0.15, 0.2) is 0 Å². The smallest absolute Gasteiger partial charge is 0.308 e. The number of carboxylic acid groups (broad SMARTS) is 1. The van der Waals surface area contributed by atoms with Crippen LogP contribution in [0, 0.1) is 11.8 Å². The monoisotopic (exact) mass is 309 g/mol. The first-order valence-electron chi connectivity index (χ1n) is 7.68. The molecule has 0 aromatic heterocycles. The molecule has 0 spiro atoms. The molecule has 1 aromatic rings. The molecule has 1 N–H and O–H groups in total. The van der Waals surface area contributed by atoms with Crippen molar-refractivity contribution in [1.82, 2.24) is 4.90 Å². The number of carboxylic acids is 1. The molecule has 1 aromatic carbocycles. The summed E-state index contributed by atoms with van der Waals surface area (Å²) < 4.78 is 0. The van der Waals surface area contributed by atoms with E-state index in [9.17, 15) is 9.90 Å². The lowest BCUT2D eigenvalue weighted by molar-refractivity contribution is -0.146. The highest BCUT2D eigenvalue weighted by Gasteiger charge is 2.36. The molecule has 0 bridgehead atoms. The average Bonchev–Trinajstić information content (AvgIpc) is 2.48. The van der Waals surface area contributed by atoms with Gasteiger partial charge in [-0.2, -0.15) is 0 Å². The van der Waals surface area contributed by atoms with E-state index >= 15 is 0 Å². The van der Waals surface area contributed by atoms with Crippen molar-refractivity contribution in [2.75, 3.05) is 7.05 Å². The molecule has 21 heavy (non-hydrogen) atoms. The fraction of sp³-hybridized carbons (Fsp3) is 0.588. The Labute approximate surface area is 131 Å². The van der Waals surface area contributed by atoms with E-state index in [1.165, 1.54) is 5.56 Å². The van der Waals surface area contributed by atoms with Crippen molar-refractivity contribution >= 4 is 17.6 Å². The molecule has 0 radical (unpaired) electrons. The molecule has 1 fully saturated rings. The summed E-state index contributed by atoms with van der Waals surface area (Å²) in [6, 6.07) is 7.91. The van der Waals surface area contributed by atoms with Crippen LogP contribution >= 0.6 is 11.6 Å². The van der Waals surface area contributed by atoms with Gasteiger partial charge in [-0.3, -0.25) is 9.69 Å². The molecular formula is C17H24ClNO2. The molecule has 0 aliphatic heterocycles. The van der Waals surface area contributed by atoms with Crippen molar-refractivity contribution < 1.29 is 9.90 Å². The van der Waals surface area contributed by atoms with Gasteiger partial charge < -0.3 is 5.11 Å². The van der Waals surface area contributed by atoms with Crippen molar-refractivity contribution in [2.45, 2.75) is 45.2 Å². The third-order valence-electron chi connectivity index (χ3n) is 4.73. The van der Waals surface area contributed by atoms with Crippen LogP contribution in [0.2, 0.25) is 5.02 Å². The average molecular weight is 310 g/mol. The van der Waals surface area contributed by atoms with Crippen molar-refractivity contribution in [1.29, 1.82) is 0 Å². The van der Waals surface area contributed by atoms with Crippen LogP contribution in [0.1, 0.15) is 38.2 Å². The molecule has 116 valence electrons. The van der Waals surface area contributed by atoms with Crippen molar-refractivity contribution in [3.8, 4) is 0 Å². The molecule has 0 heterocycles. The Balaban J connectivity index is 2.07. The molecule has 4 heteroatoms. The summed E-state index contributed by atoms with van der Waals surface area (Å²) in [5.41, 5.74) is 1.17. The number of hydrogen-bond donors (Lipinski definition) is 1. The first-order chi connectivity index (χ1) is 10.0. The van der Waals surface area contributed by atoms with Gasteiger partial charge in [-0.15, -0.1) is 0 Å². The van der Waals surface area contributed by atoms with Gasteiger partial charge in [0.05, 0.1) is 5.92 Å². The van der Waals surface area contributed by atoms with E-state index in [1.54, 1.807) is 0 Å². The number of aliphatic carboxylic acids is 1. The van der Waals surface area contributed by atoms with Gasteiger partial charge in [-0.05, 0) is 49.9 Å². The van der Waals surface area contributed by atoms with E-state index in [0.29, 0.717) is 5.92 Å². The molecule has 3 nitrogen and oxygen atoms in total. The second-order valence-corrected chi connectivity index (χ2v) is 6.58. The molecular weight excluding hydrogens is 286 g/mol. The minimum absolute atomic E-state index is 0.122. The predicted octanol–water partition coefficient (Wildman–Crippen LogP) is 4.05. The van der Waals surface area contributed by atoms with Crippen molar-refractivity contribution in [3.63, 3.8) is 0 Å². The lowest BCUT2D eigenvalue weighted by atomic mass is 9.76. The quantitative estimate of drug-likeness (QED) is 0.892. The minimum Gasteiger partial charge on any atom is -0.481 e. The zero-order chi connectivity index (χ0) is 15.4. The number of halogens is 1. The third-order valence-corrected chi connectivity index (χ3v) is 4.98. The Morgan fingerprint density at radius 1 is 1.33 bits per heavy atom. The summed E-state index contributed by atoms with van der Waals surface area (Å²) in [6.07, 6.45) is 3.96. The zero-order valence-corrected chi connectivity index (χ0v) is 13.5. The fourth-order valence-electron chi connectivity index (χ4n) is 3.37. The molecule has 2 rings (SSSR count). The van der Waals surface area contributed by atoms with E-state index in [-0.39, 0.29) is 12.0 Å². The molecule has 1 aliphatic rings. The molecule has 0 saturated heterocycles. The van der Waals surface area contributed by atoms with E-state index < -0.39 is 5.97 Å². The summed E-state index contributed by atoms with van der Waals surface area (Å²) in [5.74, 6) is -0.249. The molecule has 3 unspecified atom stereocenters. The first kappa shape index (κ1) is 16.3. The van der Waals surface area contributed by atoms with Crippen LogP contribution in [0.4, 0.5) is 0 Å². The van der Waals surface area contributed by atoms with Gasteiger partial charge in [0.2, 0.25) is 0 Å². The van der Waals surface area contributed by atoms with Crippen LogP contribution < -0.4 is 0 Å². The Morgan fingerprint density at radius 2 is 2.00 bits per heavy atom. The number of hydrogen-bond acceptors (Lipinski definition) is 2. The van der Waals surface area contributed by atoms with Crippen LogP contribution in [0.25, 0.3) is 0 Å². The SMILES string of the molecule is CCC1CCC(C(=O)O)C(N(C)Cc2ccc(Cl)cc2)C1. The lowest BCUT2D eigenvalue weighted by Crippen LogP contribution is -2.45. The Morgan fingerprint density at radius 3 is 2.57 bits per heavy atom. The summed E-state index contributed by atoms with van der Waals surface area (Å²) in [6.45, 7) is 2.96. The maximum Gasteiger partial charge on any atom is 0.308 e. The second kappa shape index (κ2) is 7.28. The Bertz CT molecular complexity index is 474. The standard InChI is InChI=1S/C17H24ClNO2/c1-3-12-6-9-15(17(20)21)16(10-12)19(2)11-13-4-7-14(18)8-5-13/h4-5,7-8,12,15-16H,3,6,9-11H2,1-2H3,(H,20,21). The van der Waals surface area contributed by atoms with E-state index in [1.807, 2.05) is 31.3 Å². The third kappa shape index (κ3) is 4.21. The highest BCUT2D eigenvalue weighted by Crippen LogP contribution is 2.34. The largest absolute Gasteiger partial charge is 0.481 e. The van der Waals surface area contributed by atoms with Gasteiger partial charge in [0, 0.05) is 17.6 Å². The van der Waals surface area contributed by atoms with Crippen molar-refractivity contribution in [2.24, 2.45) is 11.8 Å². The molecule has 1 aliphatic carbocycles. The molecule has 0 amide bonds. The van der Waals surface area contributed by atoms with Gasteiger partial charge in [-0.1, -0.05) is 37.1 Å². The topological polar surface area (TPSA) is 40.5 Å². The summed E-state index contributed by atoms with van der Waals surface area (Å²) in [5, 5.41) is 10.2. The molecule has 1 saturated carbocycles. The number of benzene rings is 1. The van der Waals surface area contributed by atoms with Gasteiger partial charge in [0.25, 0.3) is 0 Å². The van der Waals surface area contributed by atoms with E-state index in [2.05, 4.69) is 11.8 Å². The van der Waals surface area contributed by atoms with Crippen LogP contribution in [0.5, 0.6) is 0 Å². The normalized spacial score (nSPS) is 26.0. The maximum absolute atomic E-state index is 11.5. The number of nitrogens with zero attached hydrogens (tertiary/aromatic N) is 1. The number of rotatable bonds is 5. The zero-order valence-electron chi connectivity index (χ0n) is 12.8. The van der Waals surface area contributed by atoms with Crippen LogP contribution in [-0.4, -0.2) is 29.1 Å².